The summed E-state index contributed by atoms with van der Waals surface area (Å²) in [5.74, 6) is 1.40. The van der Waals surface area contributed by atoms with Gasteiger partial charge < -0.3 is 14.2 Å². The van der Waals surface area contributed by atoms with Crippen molar-refractivity contribution in [2.45, 2.75) is 51.9 Å². The van der Waals surface area contributed by atoms with Gasteiger partial charge in [0.15, 0.2) is 5.75 Å². The number of carbonyl (C=O) groups is 1. The van der Waals surface area contributed by atoms with Crippen LogP contribution < -0.4 is 14.2 Å². The Bertz CT molecular complexity index is 685. The van der Waals surface area contributed by atoms with E-state index in [0.717, 1.165) is 12.2 Å². The molecule has 146 valence electrons. The van der Waals surface area contributed by atoms with Crippen molar-refractivity contribution >= 4 is 17.8 Å². The lowest BCUT2D eigenvalue weighted by Crippen LogP contribution is -2.13. The molecule has 0 saturated carbocycles. The third-order valence-electron chi connectivity index (χ3n) is 4.07. The summed E-state index contributed by atoms with van der Waals surface area (Å²) in [7, 11) is 0. The molecule has 2 aromatic carbocycles. The van der Waals surface area contributed by atoms with Crippen LogP contribution in [0.2, 0.25) is 5.02 Å². The van der Waals surface area contributed by atoms with Gasteiger partial charge >= 0.3 is 6.16 Å². The highest BCUT2D eigenvalue weighted by Crippen LogP contribution is 2.24. The summed E-state index contributed by atoms with van der Waals surface area (Å²) in [5, 5.41) is 0.351. The van der Waals surface area contributed by atoms with Crippen molar-refractivity contribution in [3.63, 3.8) is 0 Å². The average Bonchev–Trinajstić information content (AvgIpc) is 2.67. The van der Waals surface area contributed by atoms with Crippen molar-refractivity contribution in [1.29, 1.82) is 0 Å². The first-order valence-electron chi connectivity index (χ1n) is 9.56. The molecule has 2 aromatic rings. The maximum atomic E-state index is 11.8. The summed E-state index contributed by atoms with van der Waals surface area (Å²) < 4.78 is 15.9. The lowest BCUT2D eigenvalue weighted by atomic mass is 10.1. The molecule has 2 rings (SSSR count). The molecule has 0 fully saturated rings. The van der Waals surface area contributed by atoms with E-state index in [4.69, 9.17) is 25.8 Å². The molecular formula is C22H27ClO4. The Labute approximate surface area is 166 Å². The number of para-hydroxylation sites is 1. The van der Waals surface area contributed by atoms with Crippen LogP contribution in [-0.4, -0.2) is 12.8 Å². The molecule has 0 N–H and O–H groups in total. The van der Waals surface area contributed by atoms with E-state index in [1.165, 1.54) is 38.5 Å². The molecule has 0 radical (unpaired) electrons. The Kier molecular flexibility index (Phi) is 9.56. The number of unbranched alkanes of at least 4 members (excludes halogenated alkanes) is 6. The highest BCUT2D eigenvalue weighted by molar-refractivity contribution is 6.32. The van der Waals surface area contributed by atoms with Gasteiger partial charge in [-0.15, -0.1) is 0 Å². The van der Waals surface area contributed by atoms with Crippen LogP contribution in [0.3, 0.4) is 0 Å². The average molecular weight is 391 g/mol. The van der Waals surface area contributed by atoms with E-state index < -0.39 is 6.16 Å². The van der Waals surface area contributed by atoms with Crippen LogP contribution in [0, 0.1) is 0 Å². The minimum atomic E-state index is -0.833. The van der Waals surface area contributed by atoms with Gasteiger partial charge in [-0.25, -0.2) is 4.79 Å². The van der Waals surface area contributed by atoms with Crippen molar-refractivity contribution in [1.82, 2.24) is 0 Å². The van der Waals surface area contributed by atoms with E-state index >= 15 is 0 Å². The van der Waals surface area contributed by atoms with Crippen molar-refractivity contribution < 1.29 is 19.0 Å². The molecule has 0 atom stereocenters. The zero-order chi connectivity index (χ0) is 19.3. The molecule has 0 saturated heterocycles. The highest BCUT2D eigenvalue weighted by atomic mass is 35.5. The smallest absolute Gasteiger partial charge is 0.494 e. The number of rotatable bonds is 11. The molecule has 4 nitrogen and oxygen atoms in total. The molecule has 0 aliphatic heterocycles. The Morgan fingerprint density at radius 3 is 2.15 bits per heavy atom. The van der Waals surface area contributed by atoms with Gasteiger partial charge in [0.2, 0.25) is 0 Å². The Hall–Kier alpha value is -2.20. The quantitative estimate of drug-likeness (QED) is 0.234. The topological polar surface area (TPSA) is 44.8 Å². The summed E-state index contributed by atoms with van der Waals surface area (Å²) in [6.07, 6.45) is 7.93. The summed E-state index contributed by atoms with van der Waals surface area (Å²) in [6.45, 7) is 2.93. The lowest BCUT2D eigenvalue weighted by molar-refractivity contribution is 0.152. The predicted octanol–water partition coefficient (Wildman–Crippen LogP) is 7.05. The molecule has 27 heavy (non-hydrogen) atoms. The van der Waals surface area contributed by atoms with E-state index in [0.29, 0.717) is 17.4 Å². The van der Waals surface area contributed by atoms with Crippen LogP contribution >= 0.6 is 11.6 Å². The third kappa shape index (κ3) is 8.35. The van der Waals surface area contributed by atoms with Crippen molar-refractivity contribution in [3.05, 3.63) is 53.6 Å². The fourth-order valence-electron chi connectivity index (χ4n) is 2.59. The molecule has 0 aliphatic rings. The fraction of sp³-hybridized carbons (Fsp3) is 0.409. The van der Waals surface area contributed by atoms with E-state index in [-0.39, 0.29) is 5.75 Å². The van der Waals surface area contributed by atoms with Gasteiger partial charge in [0.1, 0.15) is 11.5 Å². The monoisotopic (exact) mass is 390 g/mol. The van der Waals surface area contributed by atoms with Crippen LogP contribution in [0.5, 0.6) is 17.2 Å². The minimum Gasteiger partial charge on any atom is -0.494 e. The third-order valence-corrected chi connectivity index (χ3v) is 4.38. The van der Waals surface area contributed by atoms with Gasteiger partial charge in [0, 0.05) is 0 Å². The molecule has 0 aromatic heterocycles. The first-order valence-corrected chi connectivity index (χ1v) is 9.94. The molecule has 0 bridgehead atoms. The fourth-order valence-corrected chi connectivity index (χ4v) is 2.76. The Morgan fingerprint density at radius 1 is 0.815 bits per heavy atom. The maximum absolute atomic E-state index is 11.8. The minimum absolute atomic E-state index is 0.263. The normalized spacial score (nSPS) is 10.4. The second-order valence-corrected chi connectivity index (χ2v) is 6.73. The second-order valence-electron chi connectivity index (χ2n) is 6.33. The van der Waals surface area contributed by atoms with E-state index in [1.54, 1.807) is 48.5 Å². The second kappa shape index (κ2) is 12.2. The van der Waals surface area contributed by atoms with E-state index in [2.05, 4.69) is 6.92 Å². The molecule has 0 unspecified atom stereocenters. The number of halogens is 1. The van der Waals surface area contributed by atoms with Crippen LogP contribution in [0.25, 0.3) is 0 Å². The number of hydrogen-bond donors (Lipinski definition) is 0. The number of benzene rings is 2. The van der Waals surface area contributed by atoms with Gasteiger partial charge in [-0.1, -0.05) is 69.2 Å². The Morgan fingerprint density at radius 2 is 1.44 bits per heavy atom. The lowest BCUT2D eigenvalue weighted by Gasteiger charge is -2.08. The van der Waals surface area contributed by atoms with Gasteiger partial charge in [-0.2, -0.15) is 0 Å². The standard InChI is InChI=1S/C22H27ClO4/c1-2-3-4-5-6-7-10-17-25-18-13-15-19(16-14-18)26-22(24)27-21-12-9-8-11-20(21)23/h8-9,11-16H,2-7,10,17H2,1H3. The summed E-state index contributed by atoms with van der Waals surface area (Å²) >= 11 is 5.95. The van der Waals surface area contributed by atoms with Gasteiger partial charge in [-0.05, 0) is 42.8 Å². The van der Waals surface area contributed by atoms with Crippen LogP contribution in [0.1, 0.15) is 51.9 Å². The van der Waals surface area contributed by atoms with E-state index in [1.807, 2.05) is 0 Å². The number of carbonyl (C=O) groups excluding carboxylic acids is 1. The maximum Gasteiger partial charge on any atom is 0.519 e. The highest BCUT2D eigenvalue weighted by Gasteiger charge is 2.10. The van der Waals surface area contributed by atoms with Crippen molar-refractivity contribution in [3.8, 4) is 17.2 Å². The molecule has 0 spiro atoms. The number of ether oxygens (including phenoxy) is 3. The SMILES string of the molecule is CCCCCCCCCOc1ccc(OC(=O)Oc2ccccc2Cl)cc1. The summed E-state index contributed by atoms with van der Waals surface area (Å²) in [5.41, 5.74) is 0. The molecule has 5 heteroatoms. The number of hydrogen-bond acceptors (Lipinski definition) is 4. The largest absolute Gasteiger partial charge is 0.519 e. The van der Waals surface area contributed by atoms with Gasteiger partial charge in [0.05, 0.1) is 11.6 Å². The molecule has 0 heterocycles. The van der Waals surface area contributed by atoms with Gasteiger partial charge in [-0.3, -0.25) is 0 Å². The summed E-state index contributed by atoms with van der Waals surface area (Å²) in [4.78, 5) is 11.8. The van der Waals surface area contributed by atoms with Gasteiger partial charge in [0.25, 0.3) is 0 Å². The van der Waals surface area contributed by atoms with Crippen molar-refractivity contribution in [2.75, 3.05) is 6.61 Å². The van der Waals surface area contributed by atoms with Crippen LogP contribution in [-0.2, 0) is 0 Å². The van der Waals surface area contributed by atoms with E-state index in [9.17, 15) is 4.79 Å². The molecule has 0 aliphatic carbocycles. The first-order chi connectivity index (χ1) is 13.2. The van der Waals surface area contributed by atoms with Crippen molar-refractivity contribution in [2.24, 2.45) is 0 Å². The predicted molar refractivity (Wildman–Crippen MR) is 108 cm³/mol. The van der Waals surface area contributed by atoms with Crippen LogP contribution in [0.15, 0.2) is 48.5 Å². The summed E-state index contributed by atoms with van der Waals surface area (Å²) in [6, 6.07) is 13.6. The Balaban J connectivity index is 1.66. The zero-order valence-corrected chi connectivity index (χ0v) is 16.5. The first kappa shape index (κ1) is 21.1. The molecule has 0 amide bonds. The van der Waals surface area contributed by atoms with Crippen LogP contribution in [0.4, 0.5) is 4.79 Å². The molecular weight excluding hydrogens is 364 g/mol. The zero-order valence-electron chi connectivity index (χ0n) is 15.8.